The highest BCUT2D eigenvalue weighted by Crippen LogP contribution is 2.36. The first-order chi connectivity index (χ1) is 69.1. The number of carbonyl (C=O) groups is 10. The molecule has 0 radical (unpaired) electrons. The Bertz CT molecular complexity index is 4190. The number of hydrogen-bond donors (Lipinski definition) is 0. The molecule has 3 aromatic rings. The maximum Gasteiger partial charge on any atom is 0.228 e. The van der Waals surface area contributed by atoms with E-state index in [1.54, 1.807) is 0 Å². The van der Waals surface area contributed by atoms with Gasteiger partial charge in [0.05, 0.1) is 0 Å². The zero-order valence-corrected chi connectivity index (χ0v) is 99.8. The lowest BCUT2D eigenvalue weighted by Gasteiger charge is -2.41. The quantitative estimate of drug-likeness (QED) is 0.174. The van der Waals surface area contributed by atoms with Crippen molar-refractivity contribution in [3.63, 3.8) is 0 Å². The van der Waals surface area contributed by atoms with Crippen molar-refractivity contribution in [2.45, 2.75) is 393 Å². The van der Waals surface area contributed by atoms with Gasteiger partial charge in [-0.3, -0.25) is 52.9 Å². The molecule has 0 aliphatic carbocycles. The van der Waals surface area contributed by atoms with Crippen molar-refractivity contribution >= 4 is 70.4 Å². The summed E-state index contributed by atoms with van der Waals surface area (Å²) in [6, 6.07) is 26.0. The minimum atomic E-state index is -0.295. The van der Waals surface area contributed by atoms with E-state index in [9.17, 15) is 47.9 Å². The molecule has 11 aliphatic heterocycles. The van der Waals surface area contributed by atoms with Gasteiger partial charge >= 0.3 is 0 Å². The third kappa shape index (κ3) is 43.8. The van der Waals surface area contributed by atoms with Crippen molar-refractivity contribution in [2.75, 3.05) is 173 Å². The van der Waals surface area contributed by atoms with Gasteiger partial charge in [-0.2, -0.15) is 0 Å². The number of piperidine rings is 8. The van der Waals surface area contributed by atoms with Gasteiger partial charge in [-0.05, 0) is 188 Å². The number of anilines is 2. The highest BCUT2D eigenvalue weighted by Gasteiger charge is 2.41. The van der Waals surface area contributed by atoms with Crippen LogP contribution in [-0.4, -0.2) is 294 Å². The first kappa shape index (κ1) is 129. The first-order valence-corrected chi connectivity index (χ1v) is 58.3. The largest absolute Gasteiger partial charge is 0.368 e. The number of nitrogens with zero attached hydrogens (tertiary/aromatic N) is 14. The number of piperazine rings is 2. The van der Waals surface area contributed by atoms with Gasteiger partial charge in [0.1, 0.15) is 0 Å². The molecule has 0 unspecified atom stereocenters. The second kappa shape index (κ2) is 59.9. The predicted molar refractivity (Wildman–Crippen MR) is 612 cm³/mol. The molecular formula is C124H214N14O10. The standard InChI is InChI=1S/C15H22N2O.C15H28N2O.2C15H22N2O.C14H24N2O2.C14H27NO.C13H25NO.C12H23NO.C11H21NO/c1-15(2,3)14(18)17-9-6-12(7-10-17)13-5-4-8-16-11-13;1-15(2,3)14(18)17-11-7-13(8-12-17)16-9-5-4-6-10-16;2*1-15(2,3)14(18)17-11-9-16(10-12-17)13-7-5-4-6-8-13;1-14(2,3)13(18)15-9-6-11(7-10-15)16-8-4-5-12(16)17;1-5-6-7-12-8-10-15(11-9-12)13(16)14(2,3)4;1-5-6-11-7-9-14(10-8-11)12(15)13(2,3)4;1-5-10-6-8-13(9-7-10)11(14)12(2,3)4;1-9-5-7-12(8-6-9)10(13)11(2,3)4/h4-5,8,11-12H,6-7,9-10H2,1-3H3;13H,4-12H2,1-3H3;2*4-8H,9-12H2,1-3H3;11H,4-10H2,1-3H3;12H,5-11H2,1-4H3;11H,5-10H2,1-4H3;10H,5-9H2,1-4H3;9H,5-8H2,1-4H3. The predicted octanol–water partition coefficient (Wildman–Crippen LogP) is 23.3. The number of rotatable bonds is 11. The smallest absolute Gasteiger partial charge is 0.228 e. The molecule has 14 rings (SSSR count). The average molecular weight is 2060 g/mol. The summed E-state index contributed by atoms with van der Waals surface area (Å²) in [7, 11) is 0. The summed E-state index contributed by atoms with van der Waals surface area (Å²) in [5.74, 6) is 6.82. The first-order valence-electron chi connectivity index (χ1n) is 58.3. The normalized spacial score (nSPS) is 19.7. The maximum atomic E-state index is 12.2. The van der Waals surface area contributed by atoms with Crippen LogP contribution < -0.4 is 9.80 Å². The molecule has 0 N–H and O–H groups in total. The number of benzene rings is 2. The van der Waals surface area contributed by atoms with Gasteiger partial charge in [-0.1, -0.05) is 302 Å². The van der Waals surface area contributed by atoms with E-state index in [1.807, 2.05) is 257 Å². The zero-order valence-electron chi connectivity index (χ0n) is 99.8. The van der Waals surface area contributed by atoms with Crippen LogP contribution in [0.15, 0.2) is 85.2 Å². The minimum Gasteiger partial charge on any atom is -0.368 e. The number of para-hydroxylation sites is 2. The lowest BCUT2D eigenvalue weighted by molar-refractivity contribution is -0.142. The molecule has 0 atom stereocenters. The SMILES string of the molecule is CC(C)(C)C(=O)N1CCC(N2CCCC2=O)CC1.CC(C)(C)C(=O)N1CCC(N2CCCCC2)CC1.CC(C)(C)C(=O)N1CCC(c2cccnc2)CC1.CC(C)(C)C(=O)N1CCN(c2ccccc2)CC1.CC(C)(C)C(=O)N1CCN(c2ccccc2)CC1.CC1CCN(C(=O)C(C)(C)C)CC1.CCC1CCN(C(=O)C(C)(C)C)CC1.CCCC1CCN(C(=O)C(C)(C)C)CC1.CCCCC1CCN(C(=O)C(C)(C)C)CC1. The van der Waals surface area contributed by atoms with Crippen LogP contribution in [-0.2, 0) is 47.9 Å². The molecule has 12 heterocycles. The summed E-state index contributed by atoms with van der Waals surface area (Å²) in [6.45, 7) is 86.3. The molecule has 24 nitrogen and oxygen atoms in total. The highest BCUT2D eigenvalue weighted by molar-refractivity contribution is 5.86. The Labute approximate surface area is 901 Å². The monoisotopic (exact) mass is 2060 g/mol. The number of aromatic nitrogens is 1. The van der Waals surface area contributed by atoms with Crippen LogP contribution in [0.4, 0.5) is 11.4 Å². The van der Waals surface area contributed by atoms with Crippen LogP contribution in [0.5, 0.6) is 0 Å². The molecule has 840 valence electrons. The van der Waals surface area contributed by atoms with Gasteiger partial charge < -0.3 is 63.7 Å². The lowest BCUT2D eigenvalue weighted by Crippen LogP contribution is -2.51. The third-order valence-electron chi connectivity index (χ3n) is 31.1. The van der Waals surface area contributed by atoms with Crippen LogP contribution in [0.1, 0.15) is 387 Å². The van der Waals surface area contributed by atoms with Crippen molar-refractivity contribution in [1.29, 1.82) is 0 Å². The van der Waals surface area contributed by atoms with Crippen LogP contribution in [0, 0.1) is 72.4 Å². The fraction of sp³-hybridized carbons (Fsp3) is 0.782. The lowest BCUT2D eigenvalue weighted by atomic mass is 9.88. The van der Waals surface area contributed by atoms with Gasteiger partial charge in [0.15, 0.2) is 0 Å². The molecule has 148 heavy (non-hydrogen) atoms. The topological polar surface area (TPSA) is 226 Å². The van der Waals surface area contributed by atoms with Crippen molar-refractivity contribution in [2.24, 2.45) is 72.4 Å². The summed E-state index contributed by atoms with van der Waals surface area (Å²) < 4.78 is 0. The number of pyridine rings is 1. The van der Waals surface area contributed by atoms with E-state index in [1.165, 1.54) is 152 Å². The Morgan fingerprint density at radius 3 is 0.845 bits per heavy atom. The second-order valence-corrected chi connectivity index (χ2v) is 53.7. The Kier molecular flexibility index (Phi) is 52.0. The van der Waals surface area contributed by atoms with E-state index in [0.29, 0.717) is 53.8 Å². The molecular weight excluding hydrogens is 1850 g/mol. The maximum absolute atomic E-state index is 12.2. The molecule has 1 aromatic heterocycles. The van der Waals surface area contributed by atoms with E-state index >= 15 is 0 Å². The second-order valence-electron chi connectivity index (χ2n) is 53.7. The molecule has 10 amide bonds. The van der Waals surface area contributed by atoms with Gasteiger partial charge in [0.25, 0.3) is 0 Å². The fourth-order valence-corrected chi connectivity index (χ4v) is 21.6. The number of unbranched alkanes of at least 4 members (excludes halogenated alkanes) is 1. The van der Waals surface area contributed by atoms with Crippen molar-refractivity contribution in [3.05, 3.63) is 90.8 Å². The average Bonchev–Trinajstić information content (AvgIpc) is 0.879. The zero-order chi connectivity index (χ0) is 111. The van der Waals surface area contributed by atoms with Crippen LogP contribution in [0.3, 0.4) is 0 Å². The van der Waals surface area contributed by atoms with Gasteiger partial charge in [0.2, 0.25) is 59.1 Å². The summed E-state index contributed by atoms with van der Waals surface area (Å²) in [6.07, 6.45) is 33.3. The highest BCUT2D eigenvalue weighted by atomic mass is 16.2. The third-order valence-corrected chi connectivity index (χ3v) is 31.1. The molecule has 11 fully saturated rings. The van der Waals surface area contributed by atoms with Gasteiger partial charge in [-0.25, -0.2) is 0 Å². The molecule has 11 saturated heterocycles. The molecule has 0 bridgehead atoms. The number of amides is 10. The van der Waals surface area contributed by atoms with E-state index in [0.717, 1.165) is 212 Å². The summed E-state index contributed by atoms with van der Waals surface area (Å²) in [4.78, 5) is 152. The molecule has 0 saturated carbocycles. The van der Waals surface area contributed by atoms with Crippen molar-refractivity contribution in [3.8, 4) is 0 Å². The van der Waals surface area contributed by atoms with E-state index in [4.69, 9.17) is 0 Å². The van der Waals surface area contributed by atoms with Crippen LogP contribution in [0.25, 0.3) is 0 Å². The molecule has 11 aliphatic rings. The Morgan fingerprint density at radius 1 is 0.284 bits per heavy atom. The Morgan fingerprint density at radius 2 is 0.568 bits per heavy atom. The van der Waals surface area contributed by atoms with Crippen LogP contribution in [0.2, 0.25) is 0 Å². The minimum absolute atomic E-state index is 0.208. The van der Waals surface area contributed by atoms with Crippen molar-refractivity contribution < 1.29 is 47.9 Å². The summed E-state index contributed by atoms with van der Waals surface area (Å²) in [5, 5.41) is 0. The number of hydrogen-bond acceptors (Lipinski definition) is 14. The van der Waals surface area contributed by atoms with E-state index in [2.05, 4.69) is 112 Å². The molecule has 24 heteroatoms. The van der Waals surface area contributed by atoms with E-state index < -0.39 is 0 Å². The van der Waals surface area contributed by atoms with Gasteiger partial charge in [-0.15, -0.1) is 0 Å². The van der Waals surface area contributed by atoms with Gasteiger partial charge in [0, 0.05) is 242 Å². The Hall–Kier alpha value is -8.15. The fourth-order valence-electron chi connectivity index (χ4n) is 21.6. The number of likely N-dealkylation sites (tertiary alicyclic amines) is 9. The number of carbonyl (C=O) groups excluding carboxylic acids is 10. The Balaban J connectivity index is 0.000000255. The van der Waals surface area contributed by atoms with Crippen LogP contribution >= 0.6 is 0 Å². The summed E-state index contributed by atoms with van der Waals surface area (Å²) >= 11 is 0. The van der Waals surface area contributed by atoms with E-state index in [-0.39, 0.29) is 72.4 Å². The summed E-state index contributed by atoms with van der Waals surface area (Å²) in [5.41, 5.74) is 1.65. The van der Waals surface area contributed by atoms with Crippen molar-refractivity contribution in [1.82, 2.24) is 58.9 Å². The molecule has 2 aromatic carbocycles. The molecule has 0 spiro atoms.